The average molecular weight is 352 g/mol. The van der Waals surface area contributed by atoms with E-state index in [4.69, 9.17) is 4.74 Å². The zero-order valence-electron chi connectivity index (χ0n) is 15.2. The number of nitrogens with zero attached hydrogens (tertiary/aromatic N) is 1. The van der Waals surface area contributed by atoms with Gasteiger partial charge in [-0.15, -0.1) is 0 Å². The van der Waals surface area contributed by atoms with Crippen LogP contribution in [0.2, 0.25) is 0 Å². The molecule has 0 aliphatic heterocycles. The minimum Gasteiger partial charge on any atom is -0.482 e. The Labute approximate surface area is 154 Å². The maximum Gasteiger partial charge on any atom is 0.260 e. The number of amides is 2. The Morgan fingerprint density at radius 3 is 2.69 bits per heavy atom. The summed E-state index contributed by atoms with van der Waals surface area (Å²) in [6.45, 7) is 1.38. The number of benzene rings is 2. The average Bonchev–Trinajstić information content (AvgIpc) is 2.65. The Kier molecular flexibility index (Phi) is 5.56. The molecule has 26 heavy (non-hydrogen) atoms. The molecule has 0 spiro atoms. The van der Waals surface area contributed by atoms with Gasteiger partial charge in [-0.25, -0.2) is 0 Å². The van der Waals surface area contributed by atoms with E-state index in [1.54, 1.807) is 17.0 Å². The van der Waals surface area contributed by atoms with Gasteiger partial charge in [0.05, 0.1) is 11.7 Å². The summed E-state index contributed by atoms with van der Waals surface area (Å²) in [5.74, 6) is 0.237. The number of rotatable bonds is 5. The van der Waals surface area contributed by atoms with Crippen molar-refractivity contribution < 1.29 is 14.3 Å². The van der Waals surface area contributed by atoms with Crippen LogP contribution in [0.25, 0.3) is 0 Å². The van der Waals surface area contributed by atoms with Crippen molar-refractivity contribution >= 4 is 17.5 Å². The lowest BCUT2D eigenvalue weighted by atomic mass is 9.87. The second kappa shape index (κ2) is 8.04. The molecule has 0 fully saturated rings. The predicted molar refractivity (Wildman–Crippen MR) is 101 cm³/mol. The maximum atomic E-state index is 12.7. The number of fused-ring (bicyclic) bond motifs is 1. The number of hydrogen-bond acceptors (Lipinski definition) is 3. The van der Waals surface area contributed by atoms with Crippen molar-refractivity contribution in [3.8, 4) is 5.75 Å². The highest BCUT2D eigenvalue weighted by molar-refractivity contribution is 5.90. The number of carbonyl (C=O) groups excluding carboxylic acids is 2. The lowest BCUT2D eigenvalue weighted by molar-refractivity contribution is -0.134. The number of anilines is 1. The highest BCUT2D eigenvalue weighted by Gasteiger charge is 2.26. The molecule has 3 rings (SSSR count). The fourth-order valence-corrected chi connectivity index (χ4v) is 3.43. The summed E-state index contributed by atoms with van der Waals surface area (Å²) in [5.41, 5.74) is 3.12. The number of likely N-dealkylation sites (N-methyl/N-ethyl adjacent to an activating group) is 1. The van der Waals surface area contributed by atoms with E-state index in [2.05, 4.69) is 17.4 Å². The molecule has 1 aliphatic rings. The number of hydrogen-bond donors (Lipinski definition) is 1. The minimum absolute atomic E-state index is 0.0637. The van der Waals surface area contributed by atoms with Crippen molar-refractivity contribution in [2.75, 3.05) is 19.0 Å². The molecule has 1 N–H and O–H groups in total. The van der Waals surface area contributed by atoms with E-state index in [1.807, 2.05) is 31.3 Å². The lowest BCUT2D eigenvalue weighted by Crippen LogP contribution is -2.36. The fraction of sp³-hybridized carbons (Fsp3) is 0.333. The summed E-state index contributed by atoms with van der Waals surface area (Å²) < 4.78 is 5.69. The molecule has 0 bridgehead atoms. The summed E-state index contributed by atoms with van der Waals surface area (Å²) in [4.78, 5) is 25.7. The molecule has 0 heterocycles. The van der Waals surface area contributed by atoms with E-state index in [0.29, 0.717) is 11.4 Å². The van der Waals surface area contributed by atoms with E-state index in [0.717, 1.165) is 19.3 Å². The van der Waals surface area contributed by atoms with Gasteiger partial charge in [0.2, 0.25) is 5.91 Å². The fourth-order valence-electron chi connectivity index (χ4n) is 3.43. The van der Waals surface area contributed by atoms with Crippen molar-refractivity contribution in [3.63, 3.8) is 0 Å². The van der Waals surface area contributed by atoms with Crippen LogP contribution in [0.15, 0.2) is 48.5 Å². The number of para-hydroxylation sites is 2. The highest BCUT2D eigenvalue weighted by atomic mass is 16.5. The Bertz CT molecular complexity index is 803. The molecular weight excluding hydrogens is 328 g/mol. The van der Waals surface area contributed by atoms with E-state index in [-0.39, 0.29) is 24.5 Å². The van der Waals surface area contributed by atoms with Gasteiger partial charge in [0.25, 0.3) is 5.91 Å². The molecule has 5 heteroatoms. The maximum absolute atomic E-state index is 12.7. The summed E-state index contributed by atoms with van der Waals surface area (Å²) >= 11 is 0. The molecular formula is C21H24N2O3. The smallest absolute Gasteiger partial charge is 0.260 e. The SMILES string of the molecule is CC(=O)Nc1ccccc1OCC(=O)N(C)[C@@H]1CCCc2ccccc21. The van der Waals surface area contributed by atoms with Gasteiger partial charge in [-0.2, -0.15) is 0 Å². The van der Waals surface area contributed by atoms with Crippen LogP contribution in [0, 0.1) is 0 Å². The standard InChI is InChI=1S/C21H24N2O3/c1-15(24)22-18-11-5-6-13-20(18)26-14-21(25)23(2)19-12-7-9-16-8-3-4-10-17(16)19/h3-6,8,10-11,13,19H,7,9,12,14H2,1-2H3,(H,22,24)/t19-/m1/s1. The number of nitrogens with one attached hydrogen (secondary N) is 1. The van der Waals surface area contributed by atoms with Crippen LogP contribution in [0.3, 0.4) is 0 Å². The molecule has 2 aromatic carbocycles. The zero-order valence-corrected chi connectivity index (χ0v) is 15.2. The van der Waals surface area contributed by atoms with Crippen molar-refractivity contribution in [1.82, 2.24) is 4.90 Å². The Hall–Kier alpha value is -2.82. The van der Waals surface area contributed by atoms with E-state index < -0.39 is 0 Å². The molecule has 136 valence electrons. The van der Waals surface area contributed by atoms with Gasteiger partial charge in [0, 0.05) is 14.0 Å². The van der Waals surface area contributed by atoms with Crippen LogP contribution < -0.4 is 10.1 Å². The second-order valence-corrected chi connectivity index (χ2v) is 6.58. The zero-order chi connectivity index (χ0) is 18.5. The number of aryl methyl sites for hydroxylation is 1. The van der Waals surface area contributed by atoms with Crippen LogP contribution in [0.1, 0.15) is 36.9 Å². The molecule has 1 aliphatic carbocycles. The molecule has 0 unspecified atom stereocenters. The first-order valence-electron chi connectivity index (χ1n) is 8.89. The summed E-state index contributed by atoms with van der Waals surface area (Å²) in [6.07, 6.45) is 3.10. The molecule has 5 nitrogen and oxygen atoms in total. The van der Waals surface area contributed by atoms with Gasteiger partial charge < -0.3 is 15.0 Å². The topological polar surface area (TPSA) is 58.6 Å². The van der Waals surface area contributed by atoms with Crippen molar-refractivity contribution in [1.29, 1.82) is 0 Å². The molecule has 1 atom stereocenters. The van der Waals surface area contributed by atoms with Crippen LogP contribution in [-0.2, 0) is 16.0 Å². The first-order valence-corrected chi connectivity index (χ1v) is 8.89. The second-order valence-electron chi connectivity index (χ2n) is 6.58. The first-order chi connectivity index (χ1) is 12.6. The Morgan fingerprint density at radius 2 is 1.88 bits per heavy atom. The number of carbonyl (C=O) groups is 2. The Morgan fingerprint density at radius 1 is 1.15 bits per heavy atom. The molecule has 0 radical (unpaired) electrons. The normalized spacial score (nSPS) is 15.7. The van der Waals surface area contributed by atoms with Crippen LogP contribution in [0.5, 0.6) is 5.75 Å². The predicted octanol–water partition coefficient (Wildman–Crippen LogP) is 3.56. The summed E-state index contributed by atoms with van der Waals surface area (Å²) in [5, 5.41) is 2.71. The minimum atomic E-state index is -0.177. The quantitative estimate of drug-likeness (QED) is 0.895. The van der Waals surface area contributed by atoms with Gasteiger partial charge >= 0.3 is 0 Å². The van der Waals surface area contributed by atoms with Crippen molar-refractivity contribution in [2.24, 2.45) is 0 Å². The largest absolute Gasteiger partial charge is 0.482 e. The molecule has 0 saturated carbocycles. The van der Waals surface area contributed by atoms with Crippen molar-refractivity contribution in [3.05, 3.63) is 59.7 Å². The van der Waals surface area contributed by atoms with Crippen LogP contribution in [0.4, 0.5) is 5.69 Å². The highest BCUT2D eigenvalue weighted by Crippen LogP contribution is 2.33. The van der Waals surface area contributed by atoms with E-state index >= 15 is 0 Å². The van der Waals surface area contributed by atoms with Gasteiger partial charge in [-0.1, -0.05) is 36.4 Å². The third kappa shape index (κ3) is 4.04. The molecule has 2 amide bonds. The monoisotopic (exact) mass is 352 g/mol. The molecule has 0 saturated heterocycles. The van der Waals surface area contributed by atoms with Crippen LogP contribution in [-0.4, -0.2) is 30.4 Å². The van der Waals surface area contributed by atoms with E-state index in [9.17, 15) is 9.59 Å². The van der Waals surface area contributed by atoms with Gasteiger partial charge in [0.15, 0.2) is 6.61 Å². The summed E-state index contributed by atoms with van der Waals surface area (Å²) in [7, 11) is 1.83. The Balaban J connectivity index is 1.67. The third-order valence-electron chi connectivity index (χ3n) is 4.75. The molecule has 2 aromatic rings. The van der Waals surface area contributed by atoms with Gasteiger partial charge in [-0.05, 0) is 42.5 Å². The molecule has 0 aromatic heterocycles. The summed E-state index contributed by atoms with van der Waals surface area (Å²) in [6, 6.07) is 15.5. The van der Waals surface area contributed by atoms with Gasteiger partial charge in [0.1, 0.15) is 5.75 Å². The first kappa shape index (κ1) is 18.0. The number of ether oxygens (including phenoxy) is 1. The van der Waals surface area contributed by atoms with Crippen LogP contribution >= 0.6 is 0 Å². The van der Waals surface area contributed by atoms with E-state index in [1.165, 1.54) is 18.1 Å². The van der Waals surface area contributed by atoms with Gasteiger partial charge in [-0.3, -0.25) is 9.59 Å². The third-order valence-corrected chi connectivity index (χ3v) is 4.75. The van der Waals surface area contributed by atoms with Crippen molar-refractivity contribution in [2.45, 2.75) is 32.2 Å². The lowest BCUT2D eigenvalue weighted by Gasteiger charge is -2.33.